The summed E-state index contributed by atoms with van der Waals surface area (Å²) in [4.78, 5) is 11.7. The zero-order valence-electron chi connectivity index (χ0n) is 19.6. The van der Waals surface area contributed by atoms with Crippen LogP contribution in [-0.2, 0) is 23.1 Å². The molecular formula is C27H31N5OS. The molecule has 2 aliphatic rings. The first-order valence-corrected chi connectivity index (χ1v) is 12.4. The van der Waals surface area contributed by atoms with E-state index >= 15 is 0 Å². The maximum absolute atomic E-state index is 5.65. The lowest BCUT2D eigenvalue weighted by Gasteiger charge is -2.38. The van der Waals surface area contributed by atoms with Gasteiger partial charge in [-0.05, 0) is 55.1 Å². The van der Waals surface area contributed by atoms with Crippen molar-refractivity contribution < 1.29 is 4.74 Å². The zero-order valence-corrected chi connectivity index (χ0v) is 20.4. The summed E-state index contributed by atoms with van der Waals surface area (Å²) in [5, 5.41) is 7.22. The molecule has 6 nitrogen and oxygen atoms in total. The summed E-state index contributed by atoms with van der Waals surface area (Å²) in [6, 6.07) is 21.3. The third kappa shape index (κ3) is 5.05. The molecular weight excluding hydrogens is 442 g/mol. The number of anilines is 2. The third-order valence-corrected chi connectivity index (χ3v) is 7.19. The van der Waals surface area contributed by atoms with Crippen molar-refractivity contribution >= 4 is 29.1 Å². The Bertz CT molecular complexity index is 1150. The fourth-order valence-corrected chi connectivity index (χ4v) is 5.14. The summed E-state index contributed by atoms with van der Waals surface area (Å²) in [5.41, 5.74) is 5.03. The number of aryl methyl sites for hydroxylation is 1. The van der Waals surface area contributed by atoms with E-state index in [4.69, 9.17) is 21.9 Å². The molecule has 0 saturated carbocycles. The van der Waals surface area contributed by atoms with Gasteiger partial charge in [0.25, 0.3) is 0 Å². The van der Waals surface area contributed by atoms with Crippen LogP contribution in [0.25, 0.3) is 0 Å². The van der Waals surface area contributed by atoms with Crippen LogP contribution in [0.3, 0.4) is 0 Å². The predicted molar refractivity (Wildman–Crippen MR) is 140 cm³/mol. The van der Waals surface area contributed by atoms with Crippen LogP contribution in [0.5, 0.6) is 0 Å². The largest absolute Gasteiger partial charge is 0.381 e. The molecule has 0 aliphatic carbocycles. The smallest absolute Gasteiger partial charge is 0.231 e. The lowest BCUT2D eigenvalue weighted by atomic mass is 9.74. The minimum Gasteiger partial charge on any atom is -0.381 e. The predicted octanol–water partition coefficient (Wildman–Crippen LogP) is 4.38. The Morgan fingerprint density at radius 1 is 1.03 bits per heavy atom. The van der Waals surface area contributed by atoms with Gasteiger partial charge in [-0.2, -0.15) is 4.98 Å². The highest BCUT2D eigenvalue weighted by Crippen LogP contribution is 2.34. The second-order valence-corrected chi connectivity index (χ2v) is 9.61. The van der Waals surface area contributed by atoms with Crippen molar-refractivity contribution in [2.75, 3.05) is 36.5 Å². The topological polar surface area (TPSA) is 62.3 Å². The molecule has 1 fully saturated rings. The minimum absolute atomic E-state index is 0.00502. The van der Waals surface area contributed by atoms with E-state index in [1.165, 1.54) is 16.7 Å². The van der Waals surface area contributed by atoms with E-state index in [9.17, 15) is 0 Å². The normalized spacial score (nSPS) is 17.0. The van der Waals surface area contributed by atoms with Gasteiger partial charge < -0.3 is 20.3 Å². The van der Waals surface area contributed by atoms with Gasteiger partial charge in [0.05, 0.1) is 0 Å². The van der Waals surface area contributed by atoms with Crippen LogP contribution in [0.15, 0.2) is 60.7 Å². The highest BCUT2D eigenvalue weighted by molar-refractivity contribution is 7.80. The van der Waals surface area contributed by atoms with Crippen molar-refractivity contribution in [1.29, 1.82) is 0 Å². The van der Waals surface area contributed by atoms with Gasteiger partial charge in [0.2, 0.25) is 5.95 Å². The summed E-state index contributed by atoms with van der Waals surface area (Å²) in [6.07, 6.45) is 2.95. The van der Waals surface area contributed by atoms with Crippen LogP contribution in [0.2, 0.25) is 0 Å². The van der Waals surface area contributed by atoms with E-state index in [1.807, 2.05) is 13.0 Å². The van der Waals surface area contributed by atoms with Gasteiger partial charge in [-0.15, -0.1) is 0 Å². The number of ether oxygens (including phenoxy) is 1. The molecule has 2 aromatic carbocycles. The standard InChI is InChI=1S/C27H31N5OS/c1-20-17-24(32-14-11-21-7-5-6-8-22(21)18-32)30-25(29-20)31-26(34)28-19-27(12-15-33-16-13-27)23-9-3-2-4-10-23/h2-10,17H,11-16,18-19H2,1H3,(H2,28,29,30,31,34). The fourth-order valence-electron chi connectivity index (χ4n) is 4.98. The Labute approximate surface area is 206 Å². The van der Waals surface area contributed by atoms with Crippen molar-refractivity contribution in [2.45, 2.75) is 38.1 Å². The first-order valence-electron chi connectivity index (χ1n) is 12.0. The zero-order chi connectivity index (χ0) is 23.4. The Balaban J connectivity index is 1.26. The number of benzene rings is 2. The van der Waals surface area contributed by atoms with Crippen LogP contribution >= 0.6 is 12.2 Å². The molecule has 0 radical (unpaired) electrons. The van der Waals surface area contributed by atoms with Crippen LogP contribution in [0, 0.1) is 6.92 Å². The molecule has 1 aromatic heterocycles. The average molecular weight is 474 g/mol. The molecule has 3 heterocycles. The Morgan fingerprint density at radius 3 is 2.56 bits per heavy atom. The molecule has 176 valence electrons. The molecule has 0 atom stereocenters. The second-order valence-electron chi connectivity index (χ2n) is 9.20. The van der Waals surface area contributed by atoms with Gasteiger partial charge in [0, 0.05) is 50.0 Å². The number of fused-ring (bicyclic) bond motifs is 1. The highest BCUT2D eigenvalue weighted by atomic mass is 32.1. The van der Waals surface area contributed by atoms with Gasteiger partial charge in [0.15, 0.2) is 5.11 Å². The Hall–Kier alpha value is -3.03. The number of nitrogens with one attached hydrogen (secondary N) is 2. The lowest BCUT2D eigenvalue weighted by molar-refractivity contribution is 0.0515. The molecule has 34 heavy (non-hydrogen) atoms. The van der Waals surface area contributed by atoms with Gasteiger partial charge in [-0.1, -0.05) is 54.6 Å². The maximum atomic E-state index is 5.65. The minimum atomic E-state index is 0.00502. The number of rotatable bonds is 5. The lowest BCUT2D eigenvalue weighted by Crippen LogP contribution is -2.45. The van der Waals surface area contributed by atoms with Crippen molar-refractivity contribution in [2.24, 2.45) is 0 Å². The Kier molecular flexibility index (Phi) is 6.74. The summed E-state index contributed by atoms with van der Waals surface area (Å²) in [6.45, 7) is 6.07. The van der Waals surface area contributed by atoms with E-state index in [1.54, 1.807) is 0 Å². The van der Waals surface area contributed by atoms with E-state index < -0.39 is 0 Å². The maximum Gasteiger partial charge on any atom is 0.231 e. The molecule has 0 spiro atoms. The van der Waals surface area contributed by atoms with Crippen LogP contribution in [-0.4, -0.2) is 41.4 Å². The molecule has 3 aromatic rings. The SMILES string of the molecule is Cc1cc(N2CCc3ccccc3C2)nc(NC(=S)NCC2(c3ccccc3)CCOCC2)n1. The quantitative estimate of drug-likeness (QED) is 0.533. The van der Waals surface area contributed by atoms with Crippen molar-refractivity contribution in [1.82, 2.24) is 15.3 Å². The van der Waals surface area contributed by atoms with Crippen LogP contribution in [0.1, 0.15) is 35.2 Å². The number of thiocarbonyl (C=S) groups is 1. The Morgan fingerprint density at radius 2 is 1.76 bits per heavy atom. The van der Waals surface area contributed by atoms with E-state index in [2.05, 4.69) is 75.1 Å². The first-order chi connectivity index (χ1) is 16.6. The van der Waals surface area contributed by atoms with Crippen LogP contribution in [0.4, 0.5) is 11.8 Å². The summed E-state index contributed by atoms with van der Waals surface area (Å²) >= 11 is 5.65. The number of hydrogen-bond acceptors (Lipinski definition) is 5. The summed E-state index contributed by atoms with van der Waals surface area (Å²) in [7, 11) is 0. The van der Waals surface area contributed by atoms with E-state index in [0.29, 0.717) is 11.1 Å². The van der Waals surface area contributed by atoms with Gasteiger partial charge in [0.1, 0.15) is 5.82 Å². The molecule has 2 N–H and O–H groups in total. The van der Waals surface area contributed by atoms with Crippen molar-refractivity contribution in [3.05, 3.63) is 83.0 Å². The number of hydrogen-bond donors (Lipinski definition) is 2. The van der Waals surface area contributed by atoms with E-state index in [-0.39, 0.29) is 5.41 Å². The molecule has 0 unspecified atom stereocenters. The summed E-state index contributed by atoms with van der Waals surface area (Å²) in [5.74, 6) is 1.46. The molecule has 5 rings (SSSR count). The average Bonchev–Trinajstić information content (AvgIpc) is 2.88. The molecule has 0 amide bonds. The van der Waals surface area contributed by atoms with Crippen molar-refractivity contribution in [3.63, 3.8) is 0 Å². The third-order valence-electron chi connectivity index (χ3n) is 6.94. The monoisotopic (exact) mass is 473 g/mol. The van der Waals surface area contributed by atoms with Gasteiger partial charge in [-0.25, -0.2) is 4.98 Å². The van der Waals surface area contributed by atoms with Crippen molar-refractivity contribution in [3.8, 4) is 0 Å². The number of aromatic nitrogens is 2. The van der Waals surface area contributed by atoms with Gasteiger partial charge >= 0.3 is 0 Å². The fraction of sp³-hybridized carbons (Fsp3) is 0.370. The molecule has 2 aliphatic heterocycles. The van der Waals surface area contributed by atoms with E-state index in [0.717, 1.165) is 63.6 Å². The first kappa shape index (κ1) is 22.7. The highest BCUT2D eigenvalue weighted by Gasteiger charge is 2.34. The number of nitrogens with zero attached hydrogens (tertiary/aromatic N) is 3. The van der Waals surface area contributed by atoms with Crippen LogP contribution < -0.4 is 15.5 Å². The molecule has 1 saturated heterocycles. The second kappa shape index (κ2) is 10.1. The molecule has 7 heteroatoms. The summed E-state index contributed by atoms with van der Waals surface area (Å²) < 4.78 is 5.65. The molecule has 0 bridgehead atoms. The van der Waals surface area contributed by atoms with Gasteiger partial charge in [-0.3, -0.25) is 0 Å².